The maximum Gasteiger partial charge on any atom is 0.408 e. The fourth-order valence-electron chi connectivity index (χ4n) is 1.51. The Hall–Kier alpha value is -2.04. The van der Waals surface area contributed by atoms with E-state index < -0.39 is 23.6 Å². The number of primary amides is 1. The maximum atomic E-state index is 11.7. The largest absolute Gasteiger partial charge is 0.444 e. The van der Waals surface area contributed by atoms with Crippen molar-refractivity contribution >= 4 is 12.0 Å². The third-order valence-corrected chi connectivity index (χ3v) is 2.29. The highest BCUT2D eigenvalue weighted by Crippen LogP contribution is 2.08. The van der Waals surface area contributed by atoms with E-state index >= 15 is 0 Å². The highest BCUT2D eigenvalue weighted by Gasteiger charge is 2.22. The molecule has 0 bridgehead atoms. The predicted molar refractivity (Wildman–Crippen MR) is 72.5 cm³/mol. The summed E-state index contributed by atoms with van der Waals surface area (Å²) in [5.74, 6) is -0.584. The fraction of sp³-hybridized carbons (Fsp3) is 0.429. The van der Waals surface area contributed by atoms with E-state index in [0.29, 0.717) is 6.42 Å². The standard InChI is InChI=1S/C14H20N2O3/c1-14(2,3)19-13(18)16-11(12(15)17)9-10-7-5-4-6-8-10/h4-8,11H,9H2,1-3H3,(H2,15,17)(H,16,18)/i/hD. The molecule has 1 aromatic rings. The van der Waals surface area contributed by atoms with E-state index in [9.17, 15) is 9.59 Å². The molecule has 1 unspecified atom stereocenters. The first-order valence-corrected chi connectivity index (χ1v) is 6.07. The number of nitrogens with one attached hydrogen (secondary N) is 1. The van der Waals surface area contributed by atoms with E-state index in [4.69, 9.17) is 6.15 Å². The van der Waals surface area contributed by atoms with Crippen LogP contribution < -0.4 is 11.0 Å². The molecule has 1 aromatic carbocycles. The normalized spacial score (nSPS) is 13.1. The molecule has 0 aromatic heterocycles. The monoisotopic (exact) mass is 265 g/mol. The lowest BCUT2D eigenvalue weighted by Crippen LogP contribution is -2.47. The minimum Gasteiger partial charge on any atom is -0.444 e. The van der Waals surface area contributed by atoms with Gasteiger partial charge in [0.2, 0.25) is 5.91 Å². The molecule has 0 aliphatic rings. The van der Waals surface area contributed by atoms with Gasteiger partial charge in [-0.15, -0.1) is 0 Å². The Morgan fingerprint density at radius 1 is 1.37 bits per heavy atom. The van der Waals surface area contributed by atoms with Gasteiger partial charge in [-0.1, -0.05) is 30.3 Å². The predicted octanol–water partition coefficient (Wildman–Crippen LogP) is 1.61. The Bertz CT molecular complexity index is 457. The lowest BCUT2D eigenvalue weighted by molar-refractivity contribution is -0.120. The van der Waals surface area contributed by atoms with Gasteiger partial charge in [0, 0.05) is 6.42 Å². The highest BCUT2D eigenvalue weighted by molar-refractivity contribution is 5.84. The average Bonchev–Trinajstić information content (AvgIpc) is 2.36. The van der Waals surface area contributed by atoms with Crippen molar-refractivity contribution in [2.45, 2.75) is 38.8 Å². The lowest BCUT2D eigenvalue weighted by Gasteiger charge is -2.22. The van der Waals surface area contributed by atoms with E-state index in [1.165, 1.54) is 0 Å². The van der Waals surface area contributed by atoms with Gasteiger partial charge in [0.25, 0.3) is 0 Å². The second-order valence-corrected chi connectivity index (χ2v) is 5.25. The Balaban J connectivity index is 2.70. The molecular formula is C14H20N2O3. The zero-order valence-electron chi connectivity index (χ0n) is 12.4. The van der Waals surface area contributed by atoms with E-state index in [-0.39, 0.29) is 0 Å². The molecule has 1 atom stereocenters. The smallest absolute Gasteiger partial charge is 0.408 e. The van der Waals surface area contributed by atoms with Gasteiger partial charge in [-0.05, 0) is 26.3 Å². The number of carbonyl (C=O) groups excluding carboxylic acids is 2. The quantitative estimate of drug-likeness (QED) is 0.867. The van der Waals surface area contributed by atoms with Crippen molar-refractivity contribution in [3.8, 4) is 0 Å². The molecule has 3 N–H and O–H groups in total. The zero-order chi connectivity index (χ0) is 15.2. The van der Waals surface area contributed by atoms with Crippen LogP contribution >= 0.6 is 0 Å². The third kappa shape index (κ3) is 5.90. The van der Waals surface area contributed by atoms with Crippen LogP contribution in [0.4, 0.5) is 4.79 Å². The van der Waals surface area contributed by atoms with Crippen molar-refractivity contribution in [3.63, 3.8) is 0 Å². The number of nitrogens with two attached hydrogens (primary N) is 1. The van der Waals surface area contributed by atoms with Gasteiger partial charge in [-0.25, -0.2) is 4.79 Å². The van der Waals surface area contributed by atoms with Crippen LogP contribution in [-0.4, -0.2) is 23.6 Å². The second kappa shape index (κ2) is 6.22. The SMILES string of the molecule is [2H]NC(=O)C(Cc1ccccc1)NC(=O)OC(C)(C)C. The third-order valence-electron chi connectivity index (χ3n) is 2.29. The van der Waals surface area contributed by atoms with E-state index in [2.05, 4.69) is 5.32 Å². The Morgan fingerprint density at radius 3 is 2.53 bits per heavy atom. The van der Waals surface area contributed by atoms with Crippen molar-refractivity contribution < 1.29 is 15.7 Å². The minimum absolute atomic E-state index is 0.296. The molecule has 0 aliphatic heterocycles. The molecule has 5 heteroatoms. The molecule has 5 nitrogen and oxygen atoms in total. The van der Waals surface area contributed by atoms with Crippen LogP contribution in [-0.2, 0) is 16.0 Å². The van der Waals surface area contributed by atoms with Crippen molar-refractivity contribution in [1.82, 2.24) is 5.32 Å². The summed E-state index contributed by atoms with van der Waals surface area (Å²) in [7, 11) is 0. The number of ether oxygens (including phenoxy) is 1. The Kier molecular flexibility index (Phi) is 4.39. The molecule has 2 amide bonds. The molecule has 1 rings (SSSR count). The Labute approximate surface area is 114 Å². The molecule has 0 spiro atoms. The number of amides is 2. The number of carbonyl (C=O) groups is 2. The van der Waals surface area contributed by atoms with Crippen LogP contribution in [0.2, 0.25) is 1.41 Å². The van der Waals surface area contributed by atoms with Crippen LogP contribution in [0.3, 0.4) is 0 Å². The van der Waals surface area contributed by atoms with Crippen LogP contribution in [0.15, 0.2) is 30.3 Å². The van der Waals surface area contributed by atoms with Gasteiger partial charge in [0.05, 0.1) is 0 Å². The number of alkyl carbamates (subject to hydrolysis) is 1. The summed E-state index contributed by atoms with van der Waals surface area (Å²) in [5.41, 5.74) is 2.04. The zero-order valence-corrected chi connectivity index (χ0v) is 11.4. The maximum absolute atomic E-state index is 11.7. The van der Waals surface area contributed by atoms with Crippen molar-refractivity contribution in [3.05, 3.63) is 35.9 Å². The molecule has 0 saturated heterocycles. The first-order chi connectivity index (χ1) is 9.31. The van der Waals surface area contributed by atoms with Gasteiger partial charge in [0.1, 0.15) is 11.6 Å². The van der Waals surface area contributed by atoms with Crippen molar-refractivity contribution in [2.24, 2.45) is 5.73 Å². The molecule has 0 saturated carbocycles. The number of rotatable bonds is 4. The molecule has 19 heavy (non-hydrogen) atoms. The summed E-state index contributed by atoms with van der Waals surface area (Å²) in [5, 5.41) is 2.48. The van der Waals surface area contributed by atoms with E-state index in [0.717, 1.165) is 5.56 Å². The highest BCUT2D eigenvalue weighted by atomic mass is 16.6. The van der Waals surface area contributed by atoms with Crippen LogP contribution in [0, 0.1) is 0 Å². The molecular weight excluding hydrogens is 244 g/mol. The number of hydrogen-bond donors (Lipinski definition) is 2. The van der Waals surface area contributed by atoms with Crippen LogP contribution in [0.5, 0.6) is 0 Å². The van der Waals surface area contributed by atoms with Gasteiger partial charge >= 0.3 is 6.09 Å². The lowest BCUT2D eigenvalue weighted by atomic mass is 10.1. The van der Waals surface area contributed by atoms with Gasteiger partial charge in [0.15, 0.2) is 1.41 Å². The summed E-state index contributed by atoms with van der Waals surface area (Å²) in [4.78, 5) is 23.4. The summed E-state index contributed by atoms with van der Waals surface area (Å²) >= 11 is 0. The van der Waals surface area contributed by atoms with Gasteiger partial charge < -0.3 is 15.8 Å². The van der Waals surface area contributed by atoms with Crippen LogP contribution in [0.25, 0.3) is 0 Å². The summed E-state index contributed by atoms with van der Waals surface area (Å²) < 4.78 is 12.0. The minimum atomic E-state index is -0.843. The first-order valence-electron chi connectivity index (χ1n) is 6.57. The molecule has 104 valence electrons. The summed E-state index contributed by atoms with van der Waals surface area (Å²) in [6, 6.07) is 8.41. The van der Waals surface area contributed by atoms with Gasteiger partial charge in [-0.3, -0.25) is 4.79 Å². The topological polar surface area (TPSA) is 81.4 Å². The first kappa shape index (κ1) is 13.4. The summed E-state index contributed by atoms with van der Waals surface area (Å²) in [6.45, 7) is 5.22. The van der Waals surface area contributed by atoms with Crippen molar-refractivity contribution in [2.75, 3.05) is 0 Å². The fourth-order valence-corrected chi connectivity index (χ4v) is 1.51. The van der Waals surface area contributed by atoms with E-state index in [1.807, 2.05) is 30.3 Å². The average molecular weight is 265 g/mol. The second-order valence-electron chi connectivity index (χ2n) is 5.25. The number of hydrogen-bond acceptors (Lipinski definition) is 3. The summed E-state index contributed by atoms with van der Waals surface area (Å²) in [6.07, 6.45) is -0.382. The Morgan fingerprint density at radius 2 is 2.00 bits per heavy atom. The molecule has 0 aliphatic carbocycles. The number of benzene rings is 1. The molecule has 0 radical (unpaired) electrons. The van der Waals surface area contributed by atoms with E-state index in [1.54, 1.807) is 26.5 Å². The van der Waals surface area contributed by atoms with Gasteiger partial charge in [-0.2, -0.15) is 0 Å². The molecule has 0 fully saturated rings. The van der Waals surface area contributed by atoms with Crippen molar-refractivity contribution in [1.29, 1.82) is 0 Å². The molecule has 0 heterocycles. The van der Waals surface area contributed by atoms with Crippen LogP contribution in [0.1, 0.15) is 26.3 Å².